The fourth-order valence-corrected chi connectivity index (χ4v) is 2.18. The van der Waals surface area contributed by atoms with Crippen LogP contribution in [0.2, 0.25) is 5.02 Å². The Morgan fingerprint density at radius 1 is 1.47 bits per heavy atom. The molecule has 1 aliphatic rings. The number of aliphatic hydroxyl groups excluding tert-OH is 1. The largest absolute Gasteiger partial charge is 0.392 e. The predicted octanol–water partition coefficient (Wildman–Crippen LogP) is 3.35. The summed E-state index contributed by atoms with van der Waals surface area (Å²) in [6.07, 6.45) is 4.25. The Hall–Kier alpha value is -0.530. The molecule has 1 saturated carbocycles. The first-order valence-electron chi connectivity index (χ1n) is 5.60. The monoisotopic (exact) mass is 224 g/mol. The Labute approximate surface area is 96.1 Å². The van der Waals surface area contributed by atoms with Crippen molar-refractivity contribution in [2.24, 2.45) is 5.92 Å². The minimum Gasteiger partial charge on any atom is -0.392 e. The highest BCUT2D eigenvalue weighted by molar-refractivity contribution is 6.31. The number of aliphatic hydroxyl groups is 1. The number of hydrogen-bond acceptors (Lipinski definition) is 1. The molecular formula is C13H17ClO. The van der Waals surface area contributed by atoms with Gasteiger partial charge in [0.05, 0.1) is 6.10 Å². The molecule has 1 aromatic rings. The Kier molecular flexibility index (Phi) is 3.32. The molecule has 82 valence electrons. The summed E-state index contributed by atoms with van der Waals surface area (Å²) in [7, 11) is 0. The summed E-state index contributed by atoms with van der Waals surface area (Å²) in [5.74, 6) is 0.529. The van der Waals surface area contributed by atoms with Crippen molar-refractivity contribution in [3.63, 3.8) is 0 Å². The Morgan fingerprint density at radius 3 is 2.73 bits per heavy atom. The first-order valence-corrected chi connectivity index (χ1v) is 5.97. The second-order valence-corrected chi connectivity index (χ2v) is 4.95. The lowest BCUT2D eigenvalue weighted by molar-refractivity contribution is 0.0630. The van der Waals surface area contributed by atoms with E-state index >= 15 is 0 Å². The van der Waals surface area contributed by atoms with Gasteiger partial charge in [0.1, 0.15) is 0 Å². The normalized spacial score (nSPS) is 18.6. The molecule has 2 rings (SSSR count). The molecule has 0 spiro atoms. The van der Waals surface area contributed by atoms with Crippen LogP contribution >= 0.6 is 11.6 Å². The molecular weight excluding hydrogens is 208 g/mol. The summed E-state index contributed by atoms with van der Waals surface area (Å²) in [6.45, 7) is 2.00. The highest BCUT2D eigenvalue weighted by Gasteiger charge is 2.25. The first-order chi connectivity index (χ1) is 7.16. The SMILES string of the molecule is Cc1cc(CC(O)C2CCC2)ccc1Cl. The summed E-state index contributed by atoms with van der Waals surface area (Å²) in [6, 6.07) is 6.00. The molecule has 0 aliphatic heterocycles. The number of benzene rings is 1. The lowest BCUT2D eigenvalue weighted by Crippen LogP contribution is -2.28. The highest BCUT2D eigenvalue weighted by Crippen LogP contribution is 2.31. The molecule has 2 heteroatoms. The van der Waals surface area contributed by atoms with Crippen molar-refractivity contribution >= 4 is 11.6 Å². The Morgan fingerprint density at radius 2 is 2.20 bits per heavy atom. The van der Waals surface area contributed by atoms with Crippen molar-refractivity contribution < 1.29 is 5.11 Å². The van der Waals surface area contributed by atoms with Crippen LogP contribution in [-0.4, -0.2) is 11.2 Å². The van der Waals surface area contributed by atoms with E-state index in [9.17, 15) is 5.11 Å². The van der Waals surface area contributed by atoms with E-state index in [1.165, 1.54) is 24.8 Å². The molecule has 0 amide bonds. The predicted molar refractivity (Wildman–Crippen MR) is 63.2 cm³/mol. The number of rotatable bonds is 3. The van der Waals surface area contributed by atoms with E-state index in [2.05, 4.69) is 6.07 Å². The molecule has 1 aromatic carbocycles. The van der Waals surface area contributed by atoms with E-state index in [1.54, 1.807) is 0 Å². The van der Waals surface area contributed by atoms with Crippen LogP contribution in [0.15, 0.2) is 18.2 Å². The second-order valence-electron chi connectivity index (χ2n) is 4.55. The summed E-state index contributed by atoms with van der Waals surface area (Å²) >= 11 is 5.96. The van der Waals surface area contributed by atoms with Crippen LogP contribution in [0.1, 0.15) is 30.4 Å². The molecule has 0 aromatic heterocycles. The van der Waals surface area contributed by atoms with E-state index < -0.39 is 0 Å². The summed E-state index contributed by atoms with van der Waals surface area (Å²) in [5.41, 5.74) is 2.28. The van der Waals surface area contributed by atoms with E-state index in [-0.39, 0.29) is 6.10 Å². The quantitative estimate of drug-likeness (QED) is 0.835. The van der Waals surface area contributed by atoms with E-state index in [0.29, 0.717) is 5.92 Å². The van der Waals surface area contributed by atoms with Crippen LogP contribution in [0.4, 0.5) is 0 Å². The average molecular weight is 225 g/mol. The maximum absolute atomic E-state index is 9.95. The van der Waals surface area contributed by atoms with Gasteiger partial charge in [-0.1, -0.05) is 30.2 Å². The van der Waals surface area contributed by atoms with Gasteiger partial charge in [0.2, 0.25) is 0 Å². The van der Waals surface area contributed by atoms with Crippen LogP contribution < -0.4 is 0 Å². The van der Waals surface area contributed by atoms with Crippen LogP contribution in [-0.2, 0) is 6.42 Å². The molecule has 0 radical (unpaired) electrons. The van der Waals surface area contributed by atoms with Crippen LogP contribution in [0.25, 0.3) is 0 Å². The fourth-order valence-electron chi connectivity index (χ4n) is 2.07. The third kappa shape index (κ3) is 2.53. The van der Waals surface area contributed by atoms with Crippen molar-refractivity contribution in [1.82, 2.24) is 0 Å². The van der Waals surface area contributed by atoms with Gasteiger partial charge >= 0.3 is 0 Å². The van der Waals surface area contributed by atoms with E-state index in [4.69, 9.17) is 11.6 Å². The molecule has 1 fully saturated rings. The summed E-state index contributed by atoms with van der Waals surface area (Å²) < 4.78 is 0. The lowest BCUT2D eigenvalue weighted by atomic mass is 9.79. The number of aryl methyl sites for hydroxylation is 1. The standard InChI is InChI=1S/C13H17ClO/c1-9-7-10(5-6-12(9)14)8-13(15)11-3-2-4-11/h5-7,11,13,15H,2-4,8H2,1H3. The molecule has 1 N–H and O–H groups in total. The number of hydrogen-bond donors (Lipinski definition) is 1. The molecule has 15 heavy (non-hydrogen) atoms. The highest BCUT2D eigenvalue weighted by atomic mass is 35.5. The number of halogens is 1. The Bertz CT molecular complexity index is 344. The zero-order chi connectivity index (χ0) is 10.8. The van der Waals surface area contributed by atoms with Crippen molar-refractivity contribution in [3.8, 4) is 0 Å². The third-order valence-electron chi connectivity index (χ3n) is 3.36. The maximum Gasteiger partial charge on any atom is 0.0608 e. The maximum atomic E-state index is 9.95. The minimum absolute atomic E-state index is 0.167. The van der Waals surface area contributed by atoms with Crippen molar-refractivity contribution in [2.45, 2.75) is 38.7 Å². The fraction of sp³-hybridized carbons (Fsp3) is 0.538. The van der Waals surface area contributed by atoms with Crippen LogP contribution in [0.3, 0.4) is 0 Å². The molecule has 1 nitrogen and oxygen atoms in total. The smallest absolute Gasteiger partial charge is 0.0608 e. The zero-order valence-electron chi connectivity index (χ0n) is 9.04. The van der Waals surface area contributed by atoms with Gasteiger partial charge in [-0.2, -0.15) is 0 Å². The second kappa shape index (κ2) is 4.54. The Balaban J connectivity index is 2.00. The van der Waals surface area contributed by atoms with Gasteiger partial charge in [0.15, 0.2) is 0 Å². The van der Waals surface area contributed by atoms with Gasteiger partial charge < -0.3 is 5.11 Å². The average Bonchev–Trinajstić information content (AvgIpc) is 2.08. The molecule has 1 atom stereocenters. The van der Waals surface area contributed by atoms with E-state index in [1.807, 2.05) is 19.1 Å². The van der Waals surface area contributed by atoms with Crippen molar-refractivity contribution in [2.75, 3.05) is 0 Å². The zero-order valence-corrected chi connectivity index (χ0v) is 9.80. The van der Waals surface area contributed by atoms with Gasteiger partial charge in [-0.25, -0.2) is 0 Å². The molecule has 1 aliphatic carbocycles. The van der Waals surface area contributed by atoms with Gasteiger partial charge in [0.25, 0.3) is 0 Å². The van der Waals surface area contributed by atoms with Gasteiger partial charge in [-0.05, 0) is 49.3 Å². The van der Waals surface area contributed by atoms with Crippen molar-refractivity contribution in [1.29, 1.82) is 0 Å². The lowest BCUT2D eigenvalue weighted by Gasteiger charge is -2.30. The van der Waals surface area contributed by atoms with E-state index in [0.717, 1.165) is 17.0 Å². The summed E-state index contributed by atoms with van der Waals surface area (Å²) in [5, 5.41) is 10.8. The molecule has 0 saturated heterocycles. The van der Waals surface area contributed by atoms with Gasteiger partial charge in [-0.15, -0.1) is 0 Å². The molecule has 1 unspecified atom stereocenters. The van der Waals surface area contributed by atoms with Crippen LogP contribution in [0.5, 0.6) is 0 Å². The third-order valence-corrected chi connectivity index (χ3v) is 3.79. The van der Waals surface area contributed by atoms with Crippen LogP contribution in [0, 0.1) is 12.8 Å². The van der Waals surface area contributed by atoms with Gasteiger partial charge in [-0.3, -0.25) is 0 Å². The minimum atomic E-state index is -0.167. The molecule has 0 bridgehead atoms. The topological polar surface area (TPSA) is 20.2 Å². The van der Waals surface area contributed by atoms with Crippen molar-refractivity contribution in [3.05, 3.63) is 34.3 Å². The van der Waals surface area contributed by atoms with Gasteiger partial charge in [0, 0.05) is 5.02 Å². The molecule has 0 heterocycles. The first kappa shape index (κ1) is 11.0. The summed E-state index contributed by atoms with van der Waals surface area (Å²) in [4.78, 5) is 0.